The van der Waals surface area contributed by atoms with E-state index in [0.29, 0.717) is 24.7 Å². The maximum absolute atomic E-state index is 13.8. The molecule has 0 bridgehead atoms. The fraction of sp³-hybridized carbons (Fsp3) is 0.316. The van der Waals surface area contributed by atoms with Crippen molar-refractivity contribution in [2.75, 3.05) is 18.4 Å². The number of piperidine rings is 1. The number of benzene rings is 2. The van der Waals surface area contributed by atoms with Gasteiger partial charge in [-0.25, -0.2) is 21.6 Å². The summed E-state index contributed by atoms with van der Waals surface area (Å²) in [6, 6.07) is 5.66. The van der Waals surface area contributed by atoms with E-state index in [1.165, 1.54) is 22.5 Å². The zero-order valence-corrected chi connectivity index (χ0v) is 16.0. The van der Waals surface area contributed by atoms with Crippen molar-refractivity contribution >= 4 is 21.6 Å². The molecule has 2 aromatic rings. The van der Waals surface area contributed by atoms with Crippen LogP contribution in [0, 0.1) is 24.4 Å². The lowest BCUT2D eigenvalue weighted by Crippen LogP contribution is -2.36. The summed E-state index contributed by atoms with van der Waals surface area (Å²) < 4.78 is 67.4. The van der Waals surface area contributed by atoms with Crippen molar-refractivity contribution < 1.29 is 26.4 Å². The smallest absolute Gasteiger partial charge is 0.255 e. The first-order valence-electron chi connectivity index (χ1n) is 8.77. The van der Waals surface area contributed by atoms with Gasteiger partial charge in [-0.1, -0.05) is 12.5 Å². The van der Waals surface area contributed by atoms with Gasteiger partial charge < -0.3 is 5.32 Å². The van der Waals surface area contributed by atoms with E-state index in [0.717, 1.165) is 25.3 Å². The molecule has 1 fully saturated rings. The van der Waals surface area contributed by atoms with Crippen LogP contribution in [0.2, 0.25) is 0 Å². The first-order chi connectivity index (χ1) is 13.2. The van der Waals surface area contributed by atoms with Crippen molar-refractivity contribution in [1.29, 1.82) is 0 Å². The molecule has 0 atom stereocenters. The number of hydrogen-bond donors (Lipinski definition) is 1. The van der Waals surface area contributed by atoms with Gasteiger partial charge in [0.05, 0.1) is 10.6 Å². The molecule has 28 heavy (non-hydrogen) atoms. The number of hydrogen-bond acceptors (Lipinski definition) is 3. The maximum atomic E-state index is 13.8. The second-order valence-electron chi connectivity index (χ2n) is 6.62. The number of sulfonamides is 1. The van der Waals surface area contributed by atoms with Crippen LogP contribution in [0.15, 0.2) is 35.2 Å². The molecule has 0 radical (unpaired) electrons. The molecule has 1 aliphatic rings. The number of aryl methyl sites for hydroxylation is 1. The number of amides is 1. The van der Waals surface area contributed by atoms with Gasteiger partial charge in [0.1, 0.15) is 0 Å². The summed E-state index contributed by atoms with van der Waals surface area (Å²) in [6.45, 7) is 2.45. The molecule has 1 aliphatic heterocycles. The number of nitrogens with zero attached hydrogens (tertiary/aromatic N) is 1. The number of carbonyl (C=O) groups excluding carboxylic acids is 1. The lowest BCUT2D eigenvalue weighted by Gasteiger charge is -2.26. The summed E-state index contributed by atoms with van der Waals surface area (Å²) in [5, 5.41) is 2.14. The van der Waals surface area contributed by atoms with Crippen LogP contribution in [0.4, 0.5) is 18.9 Å². The Morgan fingerprint density at radius 1 is 1.00 bits per heavy atom. The van der Waals surface area contributed by atoms with Gasteiger partial charge in [-0.2, -0.15) is 4.31 Å². The molecule has 0 aliphatic carbocycles. The minimum absolute atomic E-state index is 0.00666. The molecule has 0 spiro atoms. The summed E-state index contributed by atoms with van der Waals surface area (Å²) in [5.41, 5.74) is -0.101. The van der Waals surface area contributed by atoms with Gasteiger partial charge in [0.15, 0.2) is 17.5 Å². The van der Waals surface area contributed by atoms with E-state index >= 15 is 0 Å². The molecule has 0 saturated carbocycles. The quantitative estimate of drug-likeness (QED) is 0.776. The second kappa shape index (κ2) is 7.92. The molecule has 0 unspecified atom stereocenters. The summed E-state index contributed by atoms with van der Waals surface area (Å²) in [5.74, 6) is -5.43. The van der Waals surface area contributed by atoms with Crippen molar-refractivity contribution in [3.05, 3.63) is 58.9 Å². The van der Waals surface area contributed by atoms with Gasteiger partial charge in [-0.3, -0.25) is 4.79 Å². The molecule has 1 saturated heterocycles. The van der Waals surface area contributed by atoms with Crippen LogP contribution in [-0.2, 0) is 10.0 Å². The van der Waals surface area contributed by atoms with E-state index in [1.807, 2.05) is 0 Å². The third-order valence-corrected chi connectivity index (χ3v) is 6.71. The number of anilines is 1. The van der Waals surface area contributed by atoms with Crippen molar-refractivity contribution in [3.63, 3.8) is 0 Å². The summed E-state index contributed by atoms with van der Waals surface area (Å²) in [6.07, 6.45) is 2.51. The molecule has 1 heterocycles. The first-order valence-corrected chi connectivity index (χ1v) is 10.2. The Balaban J connectivity index is 1.91. The highest BCUT2D eigenvalue weighted by Gasteiger charge is 2.28. The largest absolute Gasteiger partial charge is 0.319 e. The number of nitrogens with one attached hydrogen (secondary N) is 1. The Bertz CT molecular complexity index is 1020. The van der Waals surface area contributed by atoms with E-state index in [-0.39, 0.29) is 10.5 Å². The summed E-state index contributed by atoms with van der Waals surface area (Å²) >= 11 is 0. The molecular weight excluding hydrogens is 393 g/mol. The van der Waals surface area contributed by atoms with E-state index in [2.05, 4.69) is 5.32 Å². The zero-order chi connectivity index (χ0) is 20.5. The SMILES string of the molecule is Cc1ccc(C(=O)Nc2ccc(F)c(F)c2F)cc1S(=O)(=O)N1CCCCC1. The second-order valence-corrected chi connectivity index (χ2v) is 8.53. The van der Waals surface area contributed by atoms with Crippen LogP contribution in [0.5, 0.6) is 0 Å². The molecule has 2 aromatic carbocycles. The Morgan fingerprint density at radius 2 is 1.68 bits per heavy atom. The zero-order valence-electron chi connectivity index (χ0n) is 15.1. The fourth-order valence-corrected chi connectivity index (χ4v) is 4.85. The van der Waals surface area contributed by atoms with Gasteiger partial charge in [-0.05, 0) is 49.6 Å². The number of rotatable bonds is 4. The normalized spacial score (nSPS) is 15.4. The van der Waals surface area contributed by atoms with Crippen LogP contribution in [0.25, 0.3) is 0 Å². The van der Waals surface area contributed by atoms with E-state index < -0.39 is 39.1 Å². The third kappa shape index (κ3) is 3.90. The van der Waals surface area contributed by atoms with Gasteiger partial charge in [0.2, 0.25) is 10.0 Å². The number of halogens is 3. The third-order valence-electron chi connectivity index (χ3n) is 4.67. The van der Waals surface area contributed by atoms with E-state index in [9.17, 15) is 26.4 Å². The Hall–Kier alpha value is -2.39. The Labute approximate surface area is 161 Å². The van der Waals surface area contributed by atoms with Gasteiger partial charge in [0.25, 0.3) is 5.91 Å². The van der Waals surface area contributed by atoms with Gasteiger partial charge in [-0.15, -0.1) is 0 Å². The lowest BCUT2D eigenvalue weighted by molar-refractivity contribution is 0.102. The van der Waals surface area contributed by atoms with Crippen LogP contribution in [-0.4, -0.2) is 31.7 Å². The Morgan fingerprint density at radius 3 is 2.36 bits per heavy atom. The molecule has 1 amide bonds. The van der Waals surface area contributed by atoms with Crippen LogP contribution >= 0.6 is 0 Å². The van der Waals surface area contributed by atoms with Crippen LogP contribution in [0.3, 0.4) is 0 Å². The molecule has 1 N–H and O–H groups in total. The van der Waals surface area contributed by atoms with Crippen LogP contribution < -0.4 is 5.32 Å². The molecular formula is C19H19F3N2O3S. The predicted octanol–water partition coefficient (Wildman–Crippen LogP) is 3.84. The average molecular weight is 412 g/mol. The van der Waals surface area contributed by atoms with E-state index in [1.54, 1.807) is 6.92 Å². The monoisotopic (exact) mass is 412 g/mol. The van der Waals surface area contributed by atoms with Crippen LogP contribution in [0.1, 0.15) is 35.2 Å². The molecule has 3 rings (SSSR count). The minimum atomic E-state index is -3.77. The maximum Gasteiger partial charge on any atom is 0.255 e. The average Bonchev–Trinajstić information content (AvgIpc) is 2.69. The van der Waals surface area contributed by atoms with Gasteiger partial charge >= 0.3 is 0 Å². The lowest BCUT2D eigenvalue weighted by atomic mass is 10.1. The topological polar surface area (TPSA) is 66.5 Å². The fourth-order valence-electron chi connectivity index (χ4n) is 3.08. The van der Waals surface area contributed by atoms with Gasteiger partial charge in [0, 0.05) is 18.7 Å². The Kier molecular flexibility index (Phi) is 5.76. The molecule has 150 valence electrons. The van der Waals surface area contributed by atoms with Crippen molar-refractivity contribution in [2.24, 2.45) is 0 Å². The summed E-state index contributed by atoms with van der Waals surface area (Å²) in [4.78, 5) is 12.4. The first kappa shape index (κ1) is 20.3. The molecule has 9 heteroatoms. The molecule has 0 aromatic heterocycles. The highest BCUT2D eigenvalue weighted by Crippen LogP contribution is 2.25. The minimum Gasteiger partial charge on any atom is -0.319 e. The number of carbonyl (C=O) groups is 1. The van der Waals surface area contributed by atoms with Crippen molar-refractivity contribution in [1.82, 2.24) is 4.31 Å². The highest BCUT2D eigenvalue weighted by atomic mass is 32.2. The van der Waals surface area contributed by atoms with Crippen molar-refractivity contribution in [2.45, 2.75) is 31.1 Å². The molecule has 5 nitrogen and oxygen atoms in total. The predicted molar refractivity (Wildman–Crippen MR) is 98.1 cm³/mol. The van der Waals surface area contributed by atoms with Crippen molar-refractivity contribution in [3.8, 4) is 0 Å². The van der Waals surface area contributed by atoms with E-state index in [4.69, 9.17) is 0 Å². The standard InChI is InChI=1S/C19H19F3N2O3S/c1-12-5-6-13(11-16(12)28(26,27)24-9-3-2-4-10-24)19(25)23-15-8-7-14(20)17(21)18(15)22/h5-8,11H,2-4,9-10H2,1H3,(H,23,25). The summed E-state index contributed by atoms with van der Waals surface area (Å²) in [7, 11) is -3.77. The highest BCUT2D eigenvalue weighted by molar-refractivity contribution is 7.89.